The Labute approximate surface area is 168 Å². The predicted molar refractivity (Wildman–Crippen MR) is 107 cm³/mol. The second-order valence-electron chi connectivity index (χ2n) is 7.63. The van der Waals surface area contributed by atoms with E-state index in [1.165, 1.54) is 6.07 Å². The van der Waals surface area contributed by atoms with Gasteiger partial charge in [-0.1, -0.05) is 0 Å². The largest absolute Gasteiger partial charge is 0.337 e. The van der Waals surface area contributed by atoms with Gasteiger partial charge in [-0.05, 0) is 51.8 Å². The number of piperidine rings is 1. The molecule has 152 valence electrons. The van der Waals surface area contributed by atoms with Crippen molar-refractivity contribution >= 4 is 5.91 Å². The van der Waals surface area contributed by atoms with Gasteiger partial charge in [0.05, 0.1) is 17.4 Å². The van der Waals surface area contributed by atoms with Gasteiger partial charge in [-0.3, -0.25) is 14.3 Å². The quantitative estimate of drug-likeness (QED) is 0.671. The molecule has 4 heterocycles. The fourth-order valence-electron chi connectivity index (χ4n) is 3.94. The van der Waals surface area contributed by atoms with E-state index < -0.39 is 0 Å². The zero-order valence-corrected chi connectivity index (χ0v) is 17.2. The number of hydrogen-bond donors (Lipinski definition) is 0. The minimum Gasteiger partial charge on any atom is -0.337 e. The van der Waals surface area contributed by atoms with E-state index >= 15 is 0 Å². The Morgan fingerprint density at radius 2 is 1.69 bits per heavy atom. The number of aromatic nitrogens is 6. The molecule has 0 saturated carbocycles. The molecule has 1 fully saturated rings. The van der Waals surface area contributed by atoms with Gasteiger partial charge in [0.2, 0.25) is 0 Å². The zero-order valence-electron chi connectivity index (χ0n) is 17.2. The second kappa shape index (κ2) is 7.31. The third-order valence-electron chi connectivity index (χ3n) is 5.36. The summed E-state index contributed by atoms with van der Waals surface area (Å²) in [5.74, 6) is 0.599. The highest BCUT2D eigenvalue weighted by atomic mass is 16.2. The highest BCUT2D eigenvalue weighted by molar-refractivity contribution is 5.92. The lowest BCUT2D eigenvalue weighted by molar-refractivity contribution is 0.0676. The number of hydrogen-bond acceptors (Lipinski definition) is 5. The molecular formula is C20H25N7O2. The standard InChI is InChI=1S/C20H25N7O2/c1-13-11-15(3)26(22-13)18-5-6-19(28)27(23-18)16-7-9-25(10-8-16)20(29)17-12-14(2)21-24(17)4/h5-6,11-12,16H,7-10H2,1-4H3. The molecule has 0 aromatic carbocycles. The summed E-state index contributed by atoms with van der Waals surface area (Å²) in [6, 6.07) is 6.97. The lowest BCUT2D eigenvalue weighted by Gasteiger charge is -2.32. The van der Waals surface area contributed by atoms with Gasteiger partial charge in [0, 0.05) is 31.9 Å². The first kappa shape index (κ1) is 19.1. The molecule has 1 aliphatic rings. The summed E-state index contributed by atoms with van der Waals surface area (Å²) in [4.78, 5) is 27.1. The molecule has 0 unspecified atom stereocenters. The Morgan fingerprint density at radius 1 is 1.00 bits per heavy atom. The molecular weight excluding hydrogens is 370 g/mol. The average Bonchev–Trinajstić information content (AvgIpc) is 3.21. The van der Waals surface area contributed by atoms with Crippen molar-refractivity contribution in [2.75, 3.05) is 13.1 Å². The highest BCUT2D eigenvalue weighted by Gasteiger charge is 2.27. The van der Waals surface area contributed by atoms with Crippen LogP contribution in [-0.4, -0.2) is 53.2 Å². The molecule has 4 rings (SSSR count). The maximum absolute atomic E-state index is 12.8. The van der Waals surface area contributed by atoms with Crippen molar-refractivity contribution in [3.8, 4) is 5.82 Å². The predicted octanol–water partition coefficient (Wildman–Crippen LogP) is 1.57. The van der Waals surface area contributed by atoms with Gasteiger partial charge in [0.25, 0.3) is 11.5 Å². The molecule has 3 aromatic heterocycles. The normalized spacial score (nSPS) is 15.1. The Kier molecular flexibility index (Phi) is 4.81. The number of rotatable bonds is 3. The molecule has 3 aromatic rings. The van der Waals surface area contributed by atoms with Crippen LogP contribution in [0.25, 0.3) is 5.82 Å². The monoisotopic (exact) mass is 395 g/mol. The van der Waals surface area contributed by atoms with Gasteiger partial charge in [0.15, 0.2) is 5.82 Å². The molecule has 1 amide bonds. The number of nitrogens with zero attached hydrogens (tertiary/aromatic N) is 7. The molecule has 0 spiro atoms. The van der Waals surface area contributed by atoms with Crippen molar-refractivity contribution in [3.05, 3.63) is 57.4 Å². The van der Waals surface area contributed by atoms with Crippen LogP contribution in [0.15, 0.2) is 29.1 Å². The molecule has 0 bridgehead atoms. The maximum Gasteiger partial charge on any atom is 0.272 e. The van der Waals surface area contributed by atoms with Gasteiger partial charge in [-0.25, -0.2) is 9.36 Å². The van der Waals surface area contributed by atoms with Gasteiger partial charge in [0.1, 0.15) is 5.69 Å². The van der Waals surface area contributed by atoms with Crippen molar-refractivity contribution in [2.45, 2.75) is 39.7 Å². The number of likely N-dealkylation sites (tertiary alicyclic amines) is 1. The minimum absolute atomic E-state index is 0.0248. The number of aryl methyl sites for hydroxylation is 4. The first-order valence-electron chi connectivity index (χ1n) is 9.77. The molecule has 0 atom stereocenters. The van der Waals surface area contributed by atoms with E-state index in [1.807, 2.05) is 31.7 Å². The third-order valence-corrected chi connectivity index (χ3v) is 5.36. The smallest absolute Gasteiger partial charge is 0.272 e. The van der Waals surface area contributed by atoms with E-state index in [-0.39, 0.29) is 17.5 Å². The molecule has 0 radical (unpaired) electrons. The summed E-state index contributed by atoms with van der Waals surface area (Å²) in [5.41, 5.74) is 3.14. The maximum atomic E-state index is 12.8. The van der Waals surface area contributed by atoms with Crippen LogP contribution in [0.4, 0.5) is 0 Å². The fourth-order valence-corrected chi connectivity index (χ4v) is 3.94. The third kappa shape index (κ3) is 3.59. The van der Waals surface area contributed by atoms with Crippen molar-refractivity contribution in [2.24, 2.45) is 7.05 Å². The number of carbonyl (C=O) groups is 1. The first-order chi connectivity index (χ1) is 13.8. The average molecular weight is 395 g/mol. The molecule has 29 heavy (non-hydrogen) atoms. The van der Waals surface area contributed by atoms with Gasteiger partial charge >= 0.3 is 0 Å². The van der Waals surface area contributed by atoms with Crippen LogP contribution in [0.2, 0.25) is 0 Å². The Balaban J connectivity index is 1.52. The van der Waals surface area contributed by atoms with E-state index in [0.29, 0.717) is 37.4 Å². The van der Waals surface area contributed by atoms with E-state index in [4.69, 9.17) is 0 Å². The van der Waals surface area contributed by atoms with Crippen molar-refractivity contribution in [1.82, 2.24) is 34.2 Å². The second-order valence-corrected chi connectivity index (χ2v) is 7.63. The summed E-state index contributed by atoms with van der Waals surface area (Å²) in [6.45, 7) is 6.91. The Hall–Kier alpha value is -3.23. The summed E-state index contributed by atoms with van der Waals surface area (Å²) in [6.07, 6.45) is 1.35. The van der Waals surface area contributed by atoms with Crippen molar-refractivity contribution in [3.63, 3.8) is 0 Å². The molecule has 9 nitrogen and oxygen atoms in total. The summed E-state index contributed by atoms with van der Waals surface area (Å²) >= 11 is 0. The van der Waals surface area contributed by atoms with Crippen molar-refractivity contribution in [1.29, 1.82) is 0 Å². The topological polar surface area (TPSA) is 90.8 Å². The molecule has 0 aliphatic carbocycles. The highest BCUT2D eigenvalue weighted by Crippen LogP contribution is 2.22. The summed E-state index contributed by atoms with van der Waals surface area (Å²) in [5, 5.41) is 13.3. The van der Waals surface area contributed by atoms with Gasteiger partial charge in [-0.15, -0.1) is 5.10 Å². The summed E-state index contributed by atoms with van der Waals surface area (Å²) < 4.78 is 4.91. The molecule has 9 heteroatoms. The van der Waals surface area contributed by atoms with Crippen LogP contribution < -0.4 is 5.56 Å². The van der Waals surface area contributed by atoms with Crippen LogP contribution in [0.3, 0.4) is 0 Å². The van der Waals surface area contributed by atoms with Crippen LogP contribution in [0.1, 0.15) is 46.5 Å². The Bertz CT molecular complexity index is 1120. The van der Waals surface area contributed by atoms with Crippen LogP contribution in [0, 0.1) is 20.8 Å². The van der Waals surface area contributed by atoms with Crippen molar-refractivity contribution < 1.29 is 4.79 Å². The van der Waals surface area contributed by atoms with Crippen LogP contribution in [0.5, 0.6) is 0 Å². The van der Waals surface area contributed by atoms with E-state index in [0.717, 1.165) is 17.1 Å². The number of amides is 1. The molecule has 0 N–H and O–H groups in total. The SMILES string of the molecule is Cc1cc(C(=O)N2CCC(n3nc(-n4nc(C)cc4C)ccc3=O)CC2)n(C)n1. The minimum atomic E-state index is -0.137. The fraction of sp³-hybridized carbons (Fsp3) is 0.450. The van der Waals surface area contributed by atoms with Crippen LogP contribution >= 0.6 is 0 Å². The van der Waals surface area contributed by atoms with E-state index in [1.54, 1.807) is 33.2 Å². The lowest BCUT2D eigenvalue weighted by atomic mass is 10.0. The Morgan fingerprint density at radius 3 is 2.28 bits per heavy atom. The van der Waals surface area contributed by atoms with Gasteiger partial charge < -0.3 is 4.90 Å². The lowest BCUT2D eigenvalue weighted by Crippen LogP contribution is -2.42. The molecule has 1 aliphatic heterocycles. The van der Waals surface area contributed by atoms with E-state index in [2.05, 4.69) is 15.3 Å². The number of carbonyl (C=O) groups excluding carboxylic acids is 1. The summed E-state index contributed by atoms with van der Waals surface area (Å²) in [7, 11) is 1.78. The van der Waals surface area contributed by atoms with E-state index in [9.17, 15) is 9.59 Å². The van der Waals surface area contributed by atoms with Gasteiger partial charge in [-0.2, -0.15) is 10.2 Å². The van der Waals surface area contributed by atoms with Crippen LogP contribution in [-0.2, 0) is 7.05 Å². The molecule has 1 saturated heterocycles. The first-order valence-corrected chi connectivity index (χ1v) is 9.77. The zero-order chi connectivity index (χ0) is 20.7.